The lowest BCUT2D eigenvalue weighted by atomic mass is 10.1. The van der Waals surface area contributed by atoms with Crippen LogP contribution in [0.2, 0.25) is 0 Å². The highest BCUT2D eigenvalue weighted by Crippen LogP contribution is 2.23. The Bertz CT molecular complexity index is 622. The highest BCUT2D eigenvalue weighted by atomic mass is 79.9. The number of halogens is 1. The molecule has 0 bridgehead atoms. The van der Waals surface area contributed by atoms with Gasteiger partial charge in [0.15, 0.2) is 0 Å². The third-order valence-corrected chi connectivity index (χ3v) is 3.54. The van der Waals surface area contributed by atoms with E-state index < -0.39 is 0 Å². The van der Waals surface area contributed by atoms with Crippen LogP contribution in [0.15, 0.2) is 65.6 Å². The van der Waals surface area contributed by atoms with Crippen LogP contribution >= 0.6 is 15.9 Å². The topological polar surface area (TPSA) is 20.3 Å². The molecule has 0 aliphatic carbocycles. The van der Waals surface area contributed by atoms with Gasteiger partial charge in [-0.3, -0.25) is 4.79 Å². The van der Waals surface area contributed by atoms with E-state index in [1.807, 2.05) is 54.6 Å². The zero-order valence-electron chi connectivity index (χ0n) is 11.3. The monoisotopic (exact) mass is 329 g/mol. The summed E-state index contributed by atoms with van der Waals surface area (Å²) >= 11 is 3.44. The maximum Gasteiger partial charge on any atom is 0.224 e. The Morgan fingerprint density at radius 2 is 1.85 bits per heavy atom. The quantitative estimate of drug-likeness (QED) is 0.810. The van der Waals surface area contributed by atoms with Crippen molar-refractivity contribution in [3.05, 3.63) is 76.8 Å². The van der Waals surface area contributed by atoms with Crippen molar-refractivity contribution in [2.45, 2.75) is 13.5 Å². The zero-order valence-corrected chi connectivity index (χ0v) is 12.9. The molecule has 2 aromatic carbocycles. The standard InChI is InChI=1S/C17H16BrNO/c1-13(16-9-6-10-17(18)11-16)19(14(2)20)12-15-7-4-3-5-8-15/h3-11H,1,12H2,2H3. The van der Waals surface area contributed by atoms with Gasteiger partial charge in [0.25, 0.3) is 0 Å². The van der Waals surface area contributed by atoms with Gasteiger partial charge in [-0.05, 0) is 23.3 Å². The smallest absolute Gasteiger partial charge is 0.224 e. The molecule has 0 saturated heterocycles. The van der Waals surface area contributed by atoms with Crippen LogP contribution in [0.5, 0.6) is 0 Å². The molecule has 2 aromatic rings. The van der Waals surface area contributed by atoms with Crippen LogP contribution in [0.3, 0.4) is 0 Å². The van der Waals surface area contributed by atoms with Gasteiger partial charge in [0.2, 0.25) is 5.91 Å². The fourth-order valence-corrected chi connectivity index (χ4v) is 2.39. The maximum absolute atomic E-state index is 11.9. The normalized spacial score (nSPS) is 10.1. The Kier molecular flexibility index (Phi) is 4.74. The van der Waals surface area contributed by atoms with Gasteiger partial charge in [0.1, 0.15) is 0 Å². The average Bonchev–Trinajstić information content (AvgIpc) is 2.45. The average molecular weight is 330 g/mol. The number of carbonyl (C=O) groups is 1. The van der Waals surface area contributed by atoms with Crippen LogP contribution in [0, 0.1) is 0 Å². The van der Waals surface area contributed by atoms with E-state index in [4.69, 9.17) is 0 Å². The zero-order chi connectivity index (χ0) is 14.5. The third kappa shape index (κ3) is 3.58. The molecule has 0 saturated carbocycles. The summed E-state index contributed by atoms with van der Waals surface area (Å²) in [5, 5.41) is 0. The fraction of sp³-hybridized carbons (Fsp3) is 0.118. The summed E-state index contributed by atoms with van der Waals surface area (Å²) in [7, 11) is 0. The van der Waals surface area contributed by atoms with Crippen LogP contribution < -0.4 is 0 Å². The third-order valence-electron chi connectivity index (χ3n) is 3.05. The van der Waals surface area contributed by atoms with E-state index in [1.54, 1.807) is 11.8 Å². The first-order chi connectivity index (χ1) is 9.58. The minimum absolute atomic E-state index is 0.0150. The second-order valence-corrected chi connectivity index (χ2v) is 5.46. The summed E-state index contributed by atoms with van der Waals surface area (Å²) in [5.74, 6) is -0.0150. The molecule has 0 aliphatic rings. The van der Waals surface area contributed by atoms with Crippen molar-refractivity contribution in [2.75, 3.05) is 0 Å². The molecule has 102 valence electrons. The van der Waals surface area contributed by atoms with E-state index in [2.05, 4.69) is 22.5 Å². The van der Waals surface area contributed by atoms with E-state index in [0.717, 1.165) is 15.6 Å². The number of hydrogen-bond donors (Lipinski definition) is 0. The molecule has 0 N–H and O–H groups in total. The molecule has 0 heterocycles. The van der Waals surface area contributed by atoms with E-state index in [9.17, 15) is 4.79 Å². The molecule has 0 aliphatic heterocycles. The van der Waals surface area contributed by atoms with E-state index in [-0.39, 0.29) is 5.91 Å². The predicted molar refractivity (Wildman–Crippen MR) is 85.8 cm³/mol. The number of nitrogens with zero attached hydrogens (tertiary/aromatic N) is 1. The van der Waals surface area contributed by atoms with Crippen LogP contribution in [-0.2, 0) is 11.3 Å². The van der Waals surface area contributed by atoms with Gasteiger partial charge in [-0.1, -0.05) is 65.0 Å². The van der Waals surface area contributed by atoms with Crippen LogP contribution in [0.1, 0.15) is 18.1 Å². The Balaban J connectivity index is 2.25. The summed E-state index contributed by atoms with van der Waals surface area (Å²) in [4.78, 5) is 13.6. The van der Waals surface area contributed by atoms with Crippen molar-refractivity contribution in [3.8, 4) is 0 Å². The lowest BCUT2D eigenvalue weighted by molar-refractivity contribution is -0.126. The van der Waals surface area contributed by atoms with Gasteiger partial charge < -0.3 is 4.90 Å². The van der Waals surface area contributed by atoms with Gasteiger partial charge in [0, 0.05) is 17.1 Å². The number of hydrogen-bond acceptors (Lipinski definition) is 1. The Hall–Kier alpha value is -1.87. The SMILES string of the molecule is C=C(c1cccc(Br)c1)N(Cc1ccccc1)C(C)=O. The first kappa shape index (κ1) is 14.5. The van der Waals surface area contributed by atoms with Gasteiger partial charge >= 0.3 is 0 Å². The number of carbonyl (C=O) groups excluding carboxylic acids is 1. The molecule has 0 aromatic heterocycles. The summed E-state index contributed by atoms with van der Waals surface area (Å²) in [6, 6.07) is 17.7. The lowest BCUT2D eigenvalue weighted by Gasteiger charge is -2.24. The summed E-state index contributed by atoms with van der Waals surface area (Å²) in [6.45, 7) is 6.16. The molecule has 0 unspecified atom stereocenters. The van der Waals surface area contributed by atoms with Gasteiger partial charge in [-0.25, -0.2) is 0 Å². The van der Waals surface area contributed by atoms with Crippen molar-refractivity contribution in [3.63, 3.8) is 0 Å². The molecule has 0 fully saturated rings. The van der Waals surface area contributed by atoms with Gasteiger partial charge in [0.05, 0.1) is 6.54 Å². The second-order valence-electron chi connectivity index (χ2n) is 4.55. The van der Waals surface area contributed by atoms with Gasteiger partial charge in [-0.2, -0.15) is 0 Å². The number of benzene rings is 2. The van der Waals surface area contributed by atoms with Crippen LogP contribution in [0.25, 0.3) is 5.70 Å². The van der Waals surface area contributed by atoms with E-state index in [1.165, 1.54) is 0 Å². The van der Waals surface area contributed by atoms with Crippen LogP contribution in [0.4, 0.5) is 0 Å². The van der Waals surface area contributed by atoms with Crippen molar-refractivity contribution in [1.29, 1.82) is 0 Å². The Morgan fingerprint density at radius 3 is 2.45 bits per heavy atom. The first-order valence-electron chi connectivity index (χ1n) is 6.35. The number of rotatable bonds is 4. The van der Waals surface area contributed by atoms with Crippen molar-refractivity contribution >= 4 is 27.5 Å². The molecule has 1 amide bonds. The molecular weight excluding hydrogens is 314 g/mol. The Labute approximate surface area is 127 Å². The predicted octanol–water partition coefficient (Wildman–Crippen LogP) is 4.47. The summed E-state index contributed by atoms with van der Waals surface area (Å²) < 4.78 is 0.972. The minimum atomic E-state index is -0.0150. The minimum Gasteiger partial charge on any atom is -0.308 e. The van der Waals surface area contributed by atoms with Crippen molar-refractivity contribution in [1.82, 2.24) is 4.90 Å². The second kappa shape index (κ2) is 6.53. The Morgan fingerprint density at radius 1 is 1.15 bits per heavy atom. The molecular formula is C17H16BrNO. The summed E-state index contributed by atoms with van der Waals surface area (Å²) in [6.07, 6.45) is 0. The number of amides is 1. The molecule has 0 atom stereocenters. The van der Waals surface area contributed by atoms with Crippen molar-refractivity contribution < 1.29 is 4.79 Å². The van der Waals surface area contributed by atoms with Crippen LogP contribution in [-0.4, -0.2) is 10.8 Å². The lowest BCUT2D eigenvalue weighted by Crippen LogP contribution is -2.26. The molecule has 20 heavy (non-hydrogen) atoms. The summed E-state index contributed by atoms with van der Waals surface area (Å²) in [5.41, 5.74) is 2.73. The fourth-order valence-electron chi connectivity index (χ4n) is 1.99. The highest BCUT2D eigenvalue weighted by Gasteiger charge is 2.14. The molecule has 0 radical (unpaired) electrons. The molecule has 0 spiro atoms. The molecule has 2 nitrogen and oxygen atoms in total. The molecule has 2 rings (SSSR count). The molecule has 3 heteroatoms. The van der Waals surface area contributed by atoms with Crippen molar-refractivity contribution in [2.24, 2.45) is 0 Å². The van der Waals surface area contributed by atoms with Gasteiger partial charge in [-0.15, -0.1) is 0 Å². The largest absolute Gasteiger partial charge is 0.308 e. The maximum atomic E-state index is 11.9. The van der Waals surface area contributed by atoms with E-state index >= 15 is 0 Å². The first-order valence-corrected chi connectivity index (χ1v) is 7.14. The van der Waals surface area contributed by atoms with E-state index in [0.29, 0.717) is 12.2 Å². The highest BCUT2D eigenvalue weighted by molar-refractivity contribution is 9.10.